The molecule has 0 spiro atoms. The van der Waals surface area contributed by atoms with E-state index in [1.54, 1.807) is 12.1 Å². The highest BCUT2D eigenvalue weighted by Gasteiger charge is 2.17. The van der Waals surface area contributed by atoms with Crippen LogP contribution in [0, 0.1) is 5.82 Å². The van der Waals surface area contributed by atoms with Crippen molar-refractivity contribution in [3.63, 3.8) is 0 Å². The number of rotatable bonds is 2. The molecule has 0 radical (unpaired) electrons. The quantitative estimate of drug-likeness (QED) is 0.822. The summed E-state index contributed by atoms with van der Waals surface area (Å²) < 4.78 is 14.2. The maximum absolute atomic E-state index is 13.7. The van der Waals surface area contributed by atoms with E-state index < -0.39 is 0 Å². The monoisotopic (exact) mass is 279 g/mol. The largest absolute Gasteiger partial charge is 0.327 e. The molecule has 0 aliphatic rings. The molecule has 78 valence electrons. The fourth-order valence-electron chi connectivity index (χ4n) is 1.18. The van der Waals surface area contributed by atoms with Gasteiger partial charge < -0.3 is 5.73 Å². The average molecular weight is 281 g/mol. The number of halogens is 3. The smallest absolute Gasteiger partial charge is 0.146 e. The Morgan fingerprint density at radius 1 is 1.43 bits per heavy atom. The number of nitrogens with two attached hydrogens (primary N) is 1. The molecule has 4 heteroatoms. The highest BCUT2D eigenvalue weighted by molar-refractivity contribution is 9.10. The Bertz CT molecular complexity index is 341. The van der Waals surface area contributed by atoms with Crippen molar-refractivity contribution in [1.82, 2.24) is 0 Å². The Kier molecular flexibility index (Phi) is 3.93. The lowest BCUT2D eigenvalue weighted by atomic mass is 9.95. The molecule has 0 aliphatic heterocycles. The summed E-state index contributed by atoms with van der Waals surface area (Å²) in [5.41, 5.74) is 6.27. The van der Waals surface area contributed by atoms with Gasteiger partial charge in [-0.2, -0.15) is 0 Å². The fourth-order valence-corrected chi connectivity index (χ4v) is 1.65. The van der Waals surface area contributed by atoms with E-state index in [1.807, 2.05) is 13.8 Å². The normalized spacial score (nSPS) is 15.3. The lowest BCUT2D eigenvalue weighted by Gasteiger charge is -2.17. The number of hydrogen-bond donors (Lipinski definition) is 1. The van der Waals surface area contributed by atoms with Gasteiger partial charge in [0, 0.05) is 10.5 Å². The Balaban J connectivity index is 3.17. The summed E-state index contributed by atoms with van der Waals surface area (Å²) in [6.45, 7) is 3.73. The van der Waals surface area contributed by atoms with Crippen LogP contribution in [0.3, 0.4) is 0 Å². The second kappa shape index (κ2) is 4.60. The third-order valence-electron chi connectivity index (χ3n) is 2.34. The molecular weight excluding hydrogens is 268 g/mol. The van der Waals surface area contributed by atoms with E-state index in [4.69, 9.17) is 17.3 Å². The predicted octanol–water partition coefficient (Wildman–Crippen LogP) is 3.69. The van der Waals surface area contributed by atoms with Gasteiger partial charge in [-0.3, -0.25) is 0 Å². The molecule has 0 aliphatic carbocycles. The molecule has 2 N–H and O–H groups in total. The first-order valence-electron chi connectivity index (χ1n) is 4.34. The molecule has 1 aromatic rings. The summed E-state index contributed by atoms with van der Waals surface area (Å²) in [6.07, 6.45) is 0. The van der Waals surface area contributed by atoms with Crippen LogP contribution in [-0.4, -0.2) is 6.04 Å². The van der Waals surface area contributed by atoms with Gasteiger partial charge in [0.2, 0.25) is 0 Å². The van der Waals surface area contributed by atoms with E-state index in [1.165, 1.54) is 0 Å². The molecule has 0 aromatic heterocycles. The molecule has 0 saturated carbocycles. The number of benzene rings is 1. The van der Waals surface area contributed by atoms with Crippen molar-refractivity contribution in [3.05, 3.63) is 33.0 Å². The lowest BCUT2D eigenvalue weighted by molar-refractivity contribution is 0.549. The van der Waals surface area contributed by atoms with Gasteiger partial charge in [0.05, 0.1) is 5.02 Å². The van der Waals surface area contributed by atoms with Crippen LogP contribution in [0.15, 0.2) is 16.6 Å². The van der Waals surface area contributed by atoms with E-state index >= 15 is 0 Å². The summed E-state index contributed by atoms with van der Waals surface area (Å²) in [7, 11) is 0. The van der Waals surface area contributed by atoms with Gasteiger partial charge in [0.15, 0.2) is 0 Å². The van der Waals surface area contributed by atoms with Crippen molar-refractivity contribution >= 4 is 27.5 Å². The van der Waals surface area contributed by atoms with Crippen LogP contribution in [0.1, 0.15) is 25.3 Å². The standard InChI is InChI=1S/C10H12BrClFN/c1-5(6(2)14)7-3-4-8(11)9(12)10(7)13/h3-6H,14H2,1-2H3. The minimum absolute atomic E-state index is 0.0411. The second-order valence-corrected chi connectivity index (χ2v) is 4.64. The first-order valence-corrected chi connectivity index (χ1v) is 5.51. The zero-order chi connectivity index (χ0) is 10.9. The third-order valence-corrected chi connectivity index (χ3v) is 3.60. The van der Waals surface area contributed by atoms with Gasteiger partial charge in [-0.1, -0.05) is 24.6 Å². The summed E-state index contributed by atoms with van der Waals surface area (Å²) in [4.78, 5) is 0. The Morgan fingerprint density at radius 3 is 2.50 bits per heavy atom. The summed E-state index contributed by atoms with van der Waals surface area (Å²) in [5.74, 6) is -0.425. The van der Waals surface area contributed by atoms with E-state index in [2.05, 4.69) is 15.9 Å². The van der Waals surface area contributed by atoms with Crippen molar-refractivity contribution in [2.45, 2.75) is 25.8 Å². The van der Waals surface area contributed by atoms with Crippen molar-refractivity contribution in [2.75, 3.05) is 0 Å². The molecule has 0 amide bonds. The van der Waals surface area contributed by atoms with Crippen LogP contribution in [-0.2, 0) is 0 Å². The van der Waals surface area contributed by atoms with Gasteiger partial charge in [-0.25, -0.2) is 4.39 Å². The van der Waals surface area contributed by atoms with Gasteiger partial charge in [-0.15, -0.1) is 0 Å². The van der Waals surface area contributed by atoms with Gasteiger partial charge >= 0.3 is 0 Å². The Morgan fingerprint density at radius 2 is 2.00 bits per heavy atom. The summed E-state index contributed by atoms with van der Waals surface area (Å²) >= 11 is 8.93. The van der Waals surface area contributed by atoms with Crippen molar-refractivity contribution in [3.8, 4) is 0 Å². The zero-order valence-electron chi connectivity index (χ0n) is 8.02. The van der Waals surface area contributed by atoms with E-state index in [0.717, 1.165) is 0 Å². The van der Waals surface area contributed by atoms with Gasteiger partial charge in [-0.05, 0) is 40.4 Å². The van der Waals surface area contributed by atoms with Crippen LogP contribution in [0.4, 0.5) is 4.39 Å². The fraction of sp³-hybridized carbons (Fsp3) is 0.400. The van der Waals surface area contributed by atoms with Crippen molar-refractivity contribution in [2.24, 2.45) is 5.73 Å². The molecule has 14 heavy (non-hydrogen) atoms. The molecule has 1 nitrogen and oxygen atoms in total. The molecule has 1 aromatic carbocycles. The molecule has 0 bridgehead atoms. The van der Waals surface area contributed by atoms with Crippen molar-refractivity contribution < 1.29 is 4.39 Å². The minimum atomic E-state index is -0.383. The van der Waals surface area contributed by atoms with Crippen LogP contribution < -0.4 is 5.73 Å². The first kappa shape index (κ1) is 12.0. The van der Waals surface area contributed by atoms with E-state index in [-0.39, 0.29) is 22.8 Å². The Labute approximate surface area is 96.6 Å². The highest BCUT2D eigenvalue weighted by Crippen LogP contribution is 2.31. The van der Waals surface area contributed by atoms with Crippen LogP contribution in [0.2, 0.25) is 5.02 Å². The highest BCUT2D eigenvalue weighted by atomic mass is 79.9. The van der Waals surface area contributed by atoms with Crippen LogP contribution in [0.25, 0.3) is 0 Å². The topological polar surface area (TPSA) is 26.0 Å². The van der Waals surface area contributed by atoms with Crippen LogP contribution in [0.5, 0.6) is 0 Å². The van der Waals surface area contributed by atoms with E-state index in [0.29, 0.717) is 10.0 Å². The molecule has 2 unspecified atom stereocenters. The SMILES string of the molecule is CC(N)C(C)c1ccc(Br)c(Cl)c1F. The third kappa shape index (κ3) is 2.27. The predicted molar refractivity (Wildman–Crippen MR) is 61.2 cm³/mol. The lowest BCUT2D eigenvalue weighted by Crippen LogP contribution is -2.23. The second-order valence-electron chi connectivity index (χ2n) is 3.41. The summed E-state index contributed by atoms with van der Waals surface area (Å²) in [6, 6.07) is 3.35. The molecule has 1 rings (SSSR count). The molecule has 0 saturated heterocycles. The first-order chi connectivity index (χ1) is 6.45. The minimum Gasteiger partial charge on any atom is -0.327 e. The van der Waals surface area contributed by atoms with Crippen molar-refractivity contribution in [1.29, 1.82) is 0 Å². The Hall–Kier alpha value is -0.120. The van der Waals surface area contributed by atoms with Crippen LogP contribution >= 0.6 is 27.5 Å². The maximum Gasteiger partial charge on any atom is 0.146 e. The summed E-state index contributed by atoms with van der Waals surface area (Å²) in [5, 5.41) is 0.120. The molecule has 0 heterocycles. The maximum atomic E-state index is 13.7. The zero-order valence-corrected chi connectivity index (χ0v) is 10.4. The average Bonchev–Trinajstić information content (AvgIpc) is 2.13. The molecule has 0 fully saturated rings. The van der Waals surface area contributed by atoms with Gasteiger partial charge in [0.25, 0.3) is 0 Å². The molecular formula is C10H12BrClFN. The number of hydrogen-bond acceptors (Lipinski definition) is 1. The van der Waals surface area contributed by atoms with E-state index in [9.17, 15) is 4.39 Å². The molecule has 2 atom stereocenters. The van der Waals surface area contributed by atoms with Gasteiger partial charge in [0.1, 0.15) is 5.82 Å².